The standard InChI is InChI=1S/C17H15Cl2NO3/c1-10(20-17(21)11-4-2-3-5-13(11)18)12-8-15-16(9-14(12)19)23-7-6-22-15/h2-5,8-10H,6-7H2,1H3,(H,20,21). The molecule has 0 aliphatic carbocycles. The maximum Gasteiger partial charge on any atom is 0.253 e. The molecule has 4 nitrogen and oxygen atoms in total. The van der Waals surface area contributed by atoms with Crippen molar-refractivity contribution in [3.8, 4) is 11.5 Å². The number of halogens is 2. The number of carbonyl (C=O) groups is 1. The summed E-state index contributed by atoms with van der Waals surface area (Å²) in [5, 5.41) is 3.82. The molecule has 0 radical (unpaired) electrons. The molecule has 0 saturated heterocycles. The fraction of sp³-hybridized carbons (Fsp3) is 0.235. The van der Waals surface area contributed by atoms with E-state index < -0.39 is 0 Å². The van der Waals surface area contributed by atoms with E-state index in [9.17, 15) is 4.79 Å². The molecular formula is C17H15Cl2NO3. The number of benzene rings is 2. The van der Waals surface area contributed by atoms with E-state index in [1.807, 2.05) is 6.92 Å². The van der Waals surface area contributed by atoms with E-state index in [2.05, 4.69) is 5.32 Å². The van der Waals surface area contributed by atoms with Gasteiger partial charge in [-0.3, -0.25) is 4.79 Å². The van der Waals surface area contributed by atoms with Gasteiger partial charge in [-0.1, -0.05) is 35.3 Å². The lowest BCUT2D eigenvalue weighted by Gasteiger charge is -2.22. The first-order valence-electron chi connectivity index (χ1n) is 7.20. The average Bonchev–Trinajstić information content (AvgIpc) is 2.54. The van der Waals surface area contributed by atoms with Gasteiger partial charge in [-0.25, -0.2) is 0 Å². The van der Waals surface area contributed by atoms with Gasteiger partial charge in [-0.2, -0.15) is 0 Å². The summed E-state index contributed by atoms with van der Waals surface area (Å²) < 4.78 is 11.1. The second-order valence-corrected chi connectivity index (χ2v) is 6.01. The lowest BCUT2D eigenvalue weighted by atomic mass is 10.1. The fourth-order valence-electron chi connectivity index (χ4n) is 2.41. The molecule has 1 amide bonds. The molecule has 1 aliphatic heterocycles. The van der Waals surface area contributed by atoms with E-state index in [0.717, 1.165) is 5.56 Å². The minimum absolute atomic E-state index is 0.256. The van der Waals surface area contributed by atoms with Crippen LogP contribution in [0.25, 0.3) is 0 Å². The first kappa shape index (κ1) is 16.0. The summed E-state index contributed by atoms with van der Waals surface area (Å²) in [7, 11) is 0. The number of nitrogens with one attached hydrogen (secondary N) is 1. The Morgan fingerprint density at radius 1 is 1.09 bits per heavy atom. The van der Waals surface area contributed by atoms with E-state index in [1.165, 1.54) is 0 Å². The van der Waals surface area contributed by atoms with Crippen LogP contribution >= 0.6 is 23.2 Å². The number of rotatable bonds is 3. The first-order chi connectivity index (χ1) is 11.1. The second kappa shape index (κ2) is 6.69. The van der Waals surface area contributed by atoms with Gasteiger partial charge in [0.25, 0.3) is 5.91 Å². The number of hydrogen-bond acceptors (Lipinski definition) is 3. The Kier molecular flexibility index (Phi) is 4.64. The van der Waals surface area contributed by atoms with Gasteiger partial charge >= 0.3 is 0 Å². The average molecular weight is 352 g/mol. The summed E-state index contributed by atoms with van der Waals surface area (Å²) in [4.78, 5) is 12.4. The Hall–Kier alpha value is -1.91. The smallest absolute Gasteiger partial charge is 0.253 e. The SMILES string of the molecule is CC(NC(=O)c1ccccc1Cl)c1cc2c(cc1Cl)OCCO2. The van der Waals surface area contributed by atoms with Crippen LogP contribution < -0.4 is 14.8 Å². The van der Waals surface area contributed by atoms with Crippen molar-refractivity contribution in [3.05, 3.63) is 57.6 Å². The summed E-state index contributed by atoms with van der Waals surface area (Å²) in [6, 6.07) is 10.1. The molecule has 1 heterocycles. The molecular weight excluding hydrogens is 337 g/mol. The van der Waals surface area contributed by atoms with Gasteiger partial charge in [-0.05, 0) is 30.7 Å². The predicted octanol–water partition coefficient (Wildman–Crippen LogP) is 4.26. The highest BCUT2D eigenvalue weighted by Crippen LogP contribution is 2.37. The Bertz CT molecular complexity index is 749. The van der Waals surface area contributed by atoms with Gasteiger partial charge in [0.05, 0.1) is 16.6 Å². The molecule has 2 aromatic carbocycles. The normalized spacial score (nSPS) is 14.2. The maximum atomic E-state index is 12.4. The third-order valence-corrected chi connectivity index (χ3v) is 4.25. The summed E-state index contributed by atoms with van der Waals surface area (Å²) in [6.07, 6.45) is 0. The maximum absolute atomic E-state index is 12.4. The molecule has 120 valence electrons. The van der Waals surface area contributed by atoms with Crippen LogP contribution in [-0.2, 0) is 0 Å². The number of ether oxygens (including phenoxy) is 2. The minimum Gasteiger partial charge on any atom is -0.486 e. The third kappa shape index (κ3) is 3.38. The van der Waals surface area contributed by atoms with E-state index in [4.69, 9.17) is 32.7 Å². The van der Waals surface area contributed by atoms with Crippen molar-refractivity contribution in [2.45, 2.75) is 13.0 Å². The van der Waals surface area contributed by atoms with Crippen LogP contribution in [0.4, 0.5) is 0 Å². The van der Waals surface area contributed by atoms with Crippen LogP contribution in [0, 0.1) is 0 Å². The summed E-state index contributed by atoms with van der Waals surface area (Å²) in [5.41, 5.74) is 1.19. The van der Waals surface area contributed by atoms with Crippen LogP contribution in [0.5, 0.6) is 11.5 Å². The Morgan fingerprint density at radius 3 is 2.43 bits per heavy atom. The predicted molar refractivity (Wildman–Crippen MR) is 89.8 cm³/mol. The van der Waals surface area contributed by atoms with Gasteiger partial charge in [0.1, 0.15) is 13.2 Å². The molecule has 0 spiro atoms. The highest BCUT2D eigenvalue weighted by Gasteiger charge is 2.20. The second-order valence-electron chi connectivity index (χ2n) is 5.19. The van der Waals surface area contributed by atoms with Crippen molar-refractivity contribution in [2.24, 2.45) is 0 Å². The van der Waals surface area contributed by atoms with E-state index in [1.54, 1.807) is 36.4 Å². The van der Waals surface area contributed by atoms with Gasteiger partial charge in [0.15, 0.2) is 11.5 Å². The van der Waals surface area contributed by atoms with Crippen molar-refractivity contribution in [2.75, 3.05) is 13.2 Å². The number of fused-ring (bicyclic) bond motifs is 1. The van der Waals surface area contributed by atoms with E-state index in [-0.39, 0.29) is 11.9 Å². The molecule has 3 rings (SSSR count). The fourth-order valence-corrected chi connectivity index (χ4v) is 2.95. The monoisotopic (exact) mass is 351 g/mol. The Balaban J connectivity index is 1.82. The number of amides is 1. The van der Waals surface area contributed by atoms with Crippen LogP contribution in [0.1, 0.15) is 28.9 Å². The highest BCUT2D eigenvalue weighted by molar-refractivity contribution is 6.34. The van der Waals surface area contributed by atoms with E-state index >= 15 is 0 Å². The van der Waals surface area contributed by atoms with Gasteiger partial charge in [-0.15, -0.1) is 0 Å². The molecule has 0 bridgehead atoms. The van der Waals surface area contributed by atoms with Crippen molar-refractivity contribution < 1.29 is 14.3 Å². The summed E-state index contributed by atoms with van der Waals surface area (Å²) >= 11 is 12.4. The molecule has 1 aliphatic rings. The minimum atomic E-state index is -0.304. The summed E-state index contributed by atoms with van der Waals surface area (Å²) in [5.74, 6) is 0.998. The zero-order chi connectivity index (χ0) is 16.4. The van der Waals surface area contributed by atoms with Crippen LogP contribution in [0.15, 0.2) is 36.4 Å². The topological polar surface area (TPSA) is 47.6 Å². The molecule has 23 heavy (non-hydrogen) atoms. The Morgan fingerprint density at radius 2 is 1.74 bits per heavy atom. The van der Waals surface area contributed by atoms with E-state index in [0.29, 0.717) is 40.3 Å². The quantitative estimate of drug-likeness (QED) is 0.898. The molecule has 0 fully saturated rings. The van der Waals surface area contributed by atoms with Crippen molar-refractivity contribution in [1.29, 1.82) is 0 Å². The molecule has 0 saturated carbocycles. The van der Waals surface area contributed by atoms with Crippen molar-refractivity contribution in [3.63, 3.8) is 0 Å². The van der Waals surface area contributed by atoms with Gasteiger partial charge < -0.3 is 14.8 Å². The molecule has 1 unspecified atom stereocenters. The van der Waals surface area contributed by atoms with Crippen molar-refractivity contribution in [1.82, 2.24) is 5.32 Å². The van der Waals surface area contributed by atoms with Crippen LogP contribution in [0.3, 0.4) is 0 Å². The molecule has 1 N–H and O–H groups in total. The summed E-state index contributed by atoms with van der Waals surface area (Å²) in [6.45, 7) is 2.85. The number of carbonyl (C=O) groups excluding carboxylic acids is 1. The van der Waals surface area contributed by atoms with Crippen LogP contribution in [0.2, 0.25) is 10.0 Å². The lowest BCUT2D eigenvalue weighted by molar-refractivity contribution is 0.0940. The highest BCUT2D eigenvalue weighted by atomic mass is 35.5. The number of hydrogen-bond donors (Lipinski definition) is 1. The first-order valence-corrected chi connectivity index (χ1v) is 7.96. The van der Waals surface area contributed by atoms with Gasteiger partial charge in [0, 0.05) is 11.1 Å². The zero-order valence-corrected chi connectivity index (χ0v) is 13.9. The zero-order valence-electron chi connectivity index (χ0n) is 12.4. The molecule has 0 aromatic heterocycles. The molecule has 1 atom stereocenters. The molecule has 6 heteroatoms. The third-order valence-electron chi connectivity index (χ3n) is 3.59. The lowest BCUT2D eigenvalue weighted by Crippen LogP contribution is -2.27. The van der Waals surface area contributed by atoms with Gasteiger partial charge in [0.2, 0.25) is 0 Å². The van der Waals surface area contributed by atoms with Crippen molar-refractivity contribution >= 4 is 29.1 Å². The Labute approximate surface area is 144 Å². The van der Waals surface area contributed by atoms with Crippen LogP contribution in [-0.4, -0.2) is 19.1 Å². The molecule has 2 aromatic rings. The largest absolute Gasteiger partial charge is 0.486 e.